The maximum absolute atomic E-state index is 11.9. The number of amides is 1. The van der Waals surface area contributed by atoms with Gasteiger partial charge in [0.1, 0.15) is 5.41 Å². The van der Waals surface area contributed by atoms with E-state index >= 15 is 0 Å². The number of nitrogens with zero attached hydrogens (tertiary/aromatic N) is 2. The van der Waals surface area contributed by atoms with Crippen LogP contribution in [-0.2, 0) is 4.79 Å². The summed E-state index contributed by atoms with van der Waals surface area (Å²) >= 11 is 0. The van der Waals surface area contributed by atoms with E-state index in [0.29, 0.717) is 5.92 Å². The minimum Gasteiger partial charge on any atom is -0.344 e. The van der Waals surface area contributed by atoms with Gasteiger partial charge in [-0.25, -0.2) is 0 Å². The van der Waals surface area contributed by atoms with Crippen molar-refractivity contribution in [3.05, 3.63) is 0 Å². The Hall–Kier alpha value is -1.04. The molecule has 0 bridgehead atoms. The van der Waals surface area contributed by atoms with Crippen LogP contribution in [0.2, 0.25) is 0 Å². The second-order valence-corrected chi connectivity index (χ2v) is 4.68. The summed E-state index contributed by atoms with van der Waals surface area (Å²) in [6.07, 6.45) is 5.04. The van der Waals surface area contributed by atoms with Crippen molar-refractivity contribution in [2.75, 3.05) is 13.6 Å². The SMILES string of the molecule is CN(CC1CC1)C(=O)C1(C#N)CCC1. The predicted octanol–water partition coefficient (Wildman–Crippen LogP) is 1.55. The second-order valence-electron chi connectivity index (χ2n) is 4.68. The molecule has 0 aromatic carbocycles. The van der Waals surface area contributed by atoms with E-state index in [2.05, 4.69) is 6.07 Å². The quantitative estimate of drug-likeness (QED) is 0.681. The van der Waals surface area contributed by atoms with Crippen LogP contribution in [0.25, 0.3) is 0 Å². The minimum absolute atomic E-state index is 0.0538. The number of rotatable bonds is 3. The number of carbonyl (C=O) groups excluding carboxylic acids is 1. The predicted molar refractivity (Wildman–Crippen MR) is 52.3 cm³/mol. The average Bonchev–Trinajstić information content (AvgIpc) is 2.87. The lowest BCUT2D eigenvalue weighted by Crippen LogP contribution is -2.46. The second kappa shape index (κ2) is 3.27. The van der Waals surface area contributed by atoms with Crippen LogP contribution >= 0.6 is 0 Å². The zero-order valence-corrected chi connectivity index (χ0v) is 8.62. The fraction of sp³-hybridized carbons (Fsp3) is 0.818. The molecule has 0 radical (unpaired) electrons. The molecule has 14 heavy (non-hydrogen) atoms. The van der Waals surface area contributed by atoms with Gasteiger partial charge in [-0.15, -0.1) is 0 Å². The summed E-state index contributed by atoms with van der Waals surface area (Å²) in [7, 11) is 1.83. The molecule has 0 N–H and O–H groups in total. The Balaban J connectivity index is 1.95. The van der Waals surface area contributed by atoms with Crippen molar-refractivity contribution >= 4 is 5.91 Å². The maximum Gasteiger partial charge on any atom is 0.242 e. The van der Waals surface area contributed by atoms with Crippen molar-refractivity contribution in [2.24, 2.45) is 11.3 Å². The van der Waals surface area contributed by atoms with E-state index in [1.165, 1.54) is 12.8 Å². The summed E-state index contributed by atoms with van der Waals surface area (Å²) in [6, 6.07) is 2.20. The third-order valence-corrected chi connectivity index (χ3v) is 3.41. The monoisotopic (exact) mass is 192 g/mol. The van der Waals surface area contributed by atoms with Gasteiger partial charge in [0.25, 0.3) is 0 Å². The van der Waals surface area contributed by atoms with E-state index in [0.717, 1.165) is 25.8 Å². The molecule has 0 aromatic heterocycles. The van der Waals surface area contributed by atoms with Gasteiger partial charge >= 0.3 is 0 Å². The Labute approximate surface area is 84.7 Å². The fourth-order valence-corrected chi connectivity index (χ4v) is 2.04. The molecule has 0 unspecified atom stereocenters. The Morgan fingerprint density at radius 3 is 2.57 bits per heavy atom. The fourth-order valence-electron chi connectivity index (χ4n) is 2.04. The van der Waals surface area contributed by atoms with Crippen molar-refractivity contribution in [3.63, 3.8) is 0 Å². The molecule has 0 spiro atoms. The lowest BCUT2D eigenvalue weighted by atomic mass is 9.69. The van der Waals surface area contributed by atoms with Gasteiger partial charge in [0.05, 0.1) is 6.07 Å². The smallest absolute Gasteiger partial charge is 0.242 e. The normalized spacial score (nSPS) is 23.4. The molecular formula is C11H16N2O. The lowest BCUT2D eigenvalue weighted by molar-refractivity contribution is -0.141. The van der Waals surface area contributed by atoms with Crippen LogP contribution in [0.3, 0.4) is 0 Å². The van der Waals surface area contributed by atoms with Crippen LogP contribution in [0.15, 0.2) is 0 Å². The van der Waals surface area contributed by atoms with Crippen molar-refractivity contribution < 1.29 is 4.79 Å². The van der Waals surface area contributed by atoms with Gasteiger partial charge < -0.3 is 4.90 Å². The van der Waals surface area contributed by atoms with Crippen LogP contribution in [0, 0.1) is 22.7 Å². The zero-order chi connectivity index (χ0) is 10.2. The molecule has 2 aliphatic rings. The van der Waals surface area contributed by atoms with Crippen LogP contribution in [-0.4, -0.2) is 24.4 Å². The van der Waals surface area contributed by atoms with Gasteiger partial charge in [-0.1, -0.05) is 0 Å². The average molecular weight is 192 g/mol. The molecule has 76 valence electrons. The first kappa shape index (κ1) is 9.51. The number of hydrogen-bond acceptors (Lipinski definition) is 2. The summed E-state index contributed by atoms with van der Waals surface area (Å²) < 4.78 is 0. The van der Waals surface area contributed by atoms with Crippen molar-refractivity contribution in [1.82, 2.24) is 4.90 Å². The van der Waals surface area contributed by atoms with Gasteiger partial charge in [0.2, 0.25) is 5.91 Å². The van der Waals surface area contributed by atoms with Crippen molar-refractivity contribution in [2.45, 2.75) is 32.1 Å². The Morgan fingerprint density at radius 2 is 2.21 bits per heavy atom. The first-order valence-electron chi connectivity index (χ1n) is 5.35. The number of carbonyl (C=O) groups is 1. The first-order chi connectivity index (χ1) is 6.68. The summed E-state index contributed by atoms with van der Waals surface area (Å²) in [5.74, 6) is 0.762. The number of nitriles is 1. The van der Waals surface area contributed by atoms with Crippen LogP contribution in [0.4, 0.5) is 0 Å². The molecule has 2 rings (SSSR count). The van der Waals surface area contributed by atoms with Gasteiger partial charge in [0, 0.05) is 13.6 Å². The van der Waals surface area contributed by atoms with E-state index in [-0.39, 0.29) is 5.91 Å². The Bertz CT molecular complexity index is 284. The molecule has 2 saturated carbocycles. The maximum atomic E-state index is 11.9. The van der Waals surface area contributed by atoms with Crippen molar-refractivity contribution in [3.8, 4) is 6.07 Å². The molecule has 3 nitrogen and oxygen atoms in total. The molecule has 0 aromatic rings. The molecule has 0 aliphatic heterocycles. The standard InChI is InChI=1S/C11H16N2O/c1-13(7-9-3-4-9)10(14)11(8-12)5-2-6-11/h9H,2-7H2,1H3. The highest BCUT2D eigenvalue weighted by Gasteiger charge is 2.46. The topological polar surface area (TPSA) is 44.1 Å². The summed E-state index contributed by atoms with van der Waals surface area (Å²) in [6.45, 7) is 0.849. The van der Waals surface area contributed by atoms with Crippen LogP contribution in [0.1, 0.15) is 32.1 Å². The summed E-state index contributed by atoms with van der Waals surface area (Å²) in [5.41, 5.74) is -0.649. The molecule has 3 heteroatoms. The van der Waals surface area contributed by atoms with E-state index in [4.69, 9.17) is 5.26 Å². The lowest BCUT2D eigenvalue weighted by Gasteiger charge is -2.36. The molecule has 2 aliphatic carbocycles. The summed E-state index contributed by atoms with van der Waals surface area (Å²) in [4.78, 5) is 13.7. The molecule has 2 fully saturated rings. The first-order valence-corrected chi connectivity index (χ1v) is 5.35. The number of hydrogen-bond donors (Lipinski definition) is 0. The molecule has 0 heterocycles. The van der Waals surface area contributed by atoms with E-state index in [1.807, 2.05) is 7.05 Å². The Kier molecular flexibility index (Phi) is 2.22. The molecule has 0 saturated heterocycles. The molecule has 0 atom stereocenters. The van der Waals surface area contributed by atoms with E-state index < -0.39 is 5.41 Å². The largest absolute Gasteiger partial charge is 0.344 e. The highest BCUT2D eigenvalue weighted by atomic mass is 16.2. The van der Waals surface area contributed by atoms with Gasteiger partial charge in [-0.3, -0.25) is 4.79 Å². The van der Waals surface area contributed by atoms with Gasteiger partial charge in [-0.05, 0) is 38.0 Å². The molecular weight excluding hydrogens is 176 g/mol. The van der Waals surface area contributed by atoms with Gasteiger partial charge in [-0.2, -0.15) is 5.26 Å². The summed E-state index contributed by atoms with van der Waals surface area (Å²) in [5, 5.41) is 9.01. The third kappa shape index (κ3) is 1.50. The van der Waals surface area contributed by atoms with Crippen molar-refractivity contribution in [1.29, 1.82) is 5.26 Å². The minimum atomic E-state index is -0.649. The highest BCUT2D eigenvalue weighted by molar-refractivity contribution is 5.86. The zero-order valence-electron chi connectivity index (χ0n) is 8.62. The highest BCUT2D eigenvalue weighted by Crippen LogP contribution is 2.42. The van der Waals surface area contributed by atoms with Crippen LogP contribution < -0.4 is 0 Å². The van der Waals surface area contributed by atoms with Gasteiger partial charge in [0.15, 0.2) is 0 Å². The van der Waals surface area contributed by atoms with E-state index in [9.17, 15) is 4.79 Å². The third-order valence-electron chi connectivity index (χ3n) is 3.41. The Morgan fingerprint density at radius 1 is 1.57 bits per heavy atom. The van der Waals surface area contributed by atoms with E-state index in [1.54, 1.807) is 4.90 Å². The van der Waals surface area contributed by atoms with Crippen LogP contribution in [0.5, 0.6) is 0 Å². The molecule has 1 amide bonds.